The van der Waals surface area contributed by atoms with Gasteiger partial charge in [0.1, 0.15) is 0 Å². The molecule has 0 aromatic carbocycles. The third-order valence-corrected chi connectivity index (χ3v) is 3.98. The zero-order valence-electron chi connectivity index (χ0n) is 12.3. The quantitative estimate of drug-likeness (QED) is 0.767. The van der Waals surface area contributed by atoms with Crippen LogP contribution in [0.1, 0.15) is 56.4 Å². The summed E-state index contributed by atoms with van der Waals surface area (Å²) in [5.41, 5.74) is 3.89. The first kappa shape index (κ1) is 14.3. The summed E-state index contributed by atoms with van der Waals surface area (Å²) in [4.78, 5) is 12.6. The van der Waals surface area contributed by atoms with E-state index in [0.717, 1.165) is 37.9 Å². The van der Waals surface area contributed by atoms with Gasteiger partial charge in [-0.3, -0.25) is 4.79 Å². The molecule has 0 bridgehead atoms. The molecule has 19 heavy (non-hydrogen) atoms. The first-order chi connectivity index (χ1) is 9.27. The monoisotopic (exact) mass is 262 g/mol. The molecule has 1 N–H and O–H groups in total. The summed E-state index contributed by atoms with van der Waals surface area (Å²) in [6.45, 7) is 6.79. The van der Waals surface area contributed by atoms with Crippen molar-refractivity contribution in [1.82, 2.24) is 9.88 Å². The van der Waals surface area contributed by atoms with E-state index in [1.807, 2.05) is 0 Å². The molecule has 0 amide bonds. The first-order valence-corrected chi connectivity index (χ1v) is 7.73. The van der Waals surface area contributed by atoms with Crippen molar-refractivity contribution in [2.24, 2.45) is 0 Å². The van der Waals surface area contributed by atoms with Crippen molar-refractivity contribution in [2.75, 3.05) is 6.54 Å². The Morgan fingerprint density at radius 3 is 2.84 bits per heavy atom. The molecular formula is C16H26N2O. The molecule has 3 nitrogen and oxygen atoms in total. The lowest BCUT2D eigenvalue weighted by atomic mass is 10.1. The van der Waals surface area contributed by atoms with E-state index in [4.69, 9.17) is 0 Å². The standard InChI is InChI=1S/C16H26N2O/c1-3-5-6-10-18-15-9-7-8-13(15)11-14(16(18)19)12-17-4-2/h11,17H,3-10,12H2,1-2H3. The van der Waals surface area contributed by atoms with Gasteiger partial charge in [-0.1, -0.05) is 26.7 Å². The first-order valence-electron chi connectivity index (χ1n) is 7.73. The van der Waals surface area contributed by atoms with Crippen LogP contribution in [0.25, 0.3) is 0 Å². The normalized spacial score (nSPS) is 13.8. The van der Waals surface area contributed by atoms with Gasteiger partial charge in [0.2, 0.25) is 0 Å². The van der Waals surface area contributed by atoms with E-state index in [2.05, 4.69) is 29.8 Å². The van der Waals surface area contributed by atoms with Gasteiger partial charge in [0, 0.05) is 24.3 Å². The molecule has 106 valence electrons. The Labute approximate surface area is 116 Å². The third-order valence-electron chi connectivity index (χ3n) is 3.98. The van der Waals surface area contributed by atoms with Gasteiger partial charge in [0.05, 0.1) is 0 Å². The summed E-state index contributed by atoms with van der Waals surface area (Å²) >= 11 is 0. The highest BCUT2D eigenvalue weighted by atomic mass is 16.1. The summed E-state index contributed by atoms with van der Waals surface area (Å²) in [6, 6.07) is 2.14. The van der Waals surface area contributed by atoms with Gasteiger partial charge in [-0.25, -0.2) is 0 Å². The fraction of sp³-hybridized carbons (Fsp3) is 0.688. The number of rotatable bonds is 7. The van der Waals surface area contributed by atoms with E-state index in [9.17, 15) is 4.79 Å². The van der Waals surface area contributed by atoms with Crippen molar-refractivity contribution in [1.29, 1.82) is 0 Å². The van der Waals surface area contributed by atoms with E-state index in [-0.39, 0.29) is 5.56 Å². The van der Waals surface area contributed by atoms with Crippen molar-refractivity contribution in [3.05, 3.63) is 33.2 Å². The van der Waals surface area contributed by atoms with Crippen LogP contribution in [0.3, 0.4) is 0 Å². The Kier molecular flexibility index (Phi) is 5.20. The number of hydrogen-bond donors (Lipinski definition) is 1. The number of aromatic nitrogens is 1. The number of nitrogens with zero attached hydrogens (tertiary/aromatic N) is 1. The van der Waals surface area contributed by atoms with Crippen LogP contribution >= 0.6 is 0 Å². The van der Waals surface area contributed by atoms with E-state index in [1.165, 1.54) is 30.5 Å². The molecule has 0 saturated heterocycles. The zero-order chi connectivity index (χ0) is 13.7. The fourth-order valence-corrected chi connectivity index (χ4v) is 2.93. The molecular weight excluding hydrogens is 236 g/mol. The van der Waals surface area contributed by atoms with Crippen LogP contribution in [0.4, 0.5) is 0 Å². The molecule has 1 aromatic rings. The molecule has 1 aromatic heterocycles. The molecule has 0 unspecified atom stereocenters. The highest BCUT2D eigenvalue weighted by Crippen LogP contribution is 2.21. The Balaban J connectivity index is 2.27. The predicted molar refractivity (Wildman–Crippen MR) is 79.6 cm³/mol. The maximum absolute atomic E-state index is 12.6. The van der Waals surface area contributed by atoms with Gasteiger partial charge in [-0.2, -0.15) is 0 Å². The average molecular weight is 262 g/mol. The van der Waals surface area contributed by atoms with Gasteiger partial charge in [-0.05, 0) is 43.9 Å². The van der Waals surface area contributed by atoms with Crippen molar-refractivity contribution >= 4 is 0 Å². The topological polar surface area (TPSA) is 34.0 Å². The lowest BCUT2D eigenvalue weighted by molar-refractivity contribution is 0.562. The van der Waals surface area contributed by atoms with Gasteiger partial charge in [0.15, 0.2) is 0 Å². The highest BCUT2D eigenvalue weighted by molar-refractivity contribution is 5.30. The molecule has 2 rings (SSSR count). The summed E-state index contributed by atoms with van der Waals surface area (Å²) < 4.78 is 2.06. The van der Waals surface area contributed by atoms with Gasteiger partial charge in [0.25, 0.3) is 5.56 Å². The van der Waals surface area contributed by atoms with Crippen LogP contribution in [0.2, 0.25) is 0 Å². The average Bonchev–Trinajstić information content (AvgIpc) is 2.87. The molecule has 0 fully saturated rings. The molecule has 1 aliphatic carbocycles. The second-order valence-corrected chi connectivity index (χ2v) is 5.44. The maximum Gasteiger partial charge on any atom is 0.255 e. The van der Waals surface area contributed by atoms with E-state index < -0.39 is 0 Å². The SMILES string of the molecule is CCCCCn1c2c(cc(CNCC)c1=O)CCC2. The van der Waals surface area contributed by atoms with Crippen LogP contribution in [0, 0.1) is 0 Å². The molecule has 0 spiro atoms. The minimum absolute atomic E-state index is 0.234. The molecule has 1 heterocycles. The molecule has 0 saturated carbocycles. The number of hydrogen-bond acceptors (Lipinski definition) is 2. The van der Waals surface area contributed by atoms with Crippen molar-refractivity contribution in [3.8, 4) is 0 Å². The molecule has 0 aliphatic heterocycles. The highest BCUT2D eigenvalue weighted by Gasteiger charge is 2.18. The van der Waals surface area contributed by atoms with Crippen molar-refractivity contribution < 1.29 is 0 Å². The van der Waals surface area contributed by atoms with E-state index in [1.54, 1.807) is 0 Å². The van der Waals surface area contributed by atoms with E-state index >= 15 is 0 Å². The van der Waals surface area contributed by atoms with Crippen LogP contribution in [-0.4, -0.2) is 11.1 Å². The number of nitrogens with one attached hydrogen (secondary N) is 1. The van der Waals surface area contributed by atoms with Crippen molar-refractivity contribution in [2.45, 2.75) is 65.5 Å². The molecule has 1 aliphatic rings. The Hall–Kier alpha value is -1.09. The minimum Gasteiger partial charge on any atom is -0.313 e. The number of unbranched alkanes of at least 4 members (excludes halogenated alkanes) is 2. The summed E-state index contributed by atoms with van der Waals surface area (Å²) in [5.74, 6) is 0. The smallest absolute Gasteiger partial charge is 0.255 e. The molecule has 0 atom stereocenters. The molecule has 0 radical (unpaired) electrons. The second-order valence-electron chi connectivity index (χ2n) is 5.44. The van der Waals surface area contributed by atoms with Crippen LogP contribution in [0.15, 0.2) is 10.9 Å². The maximum atomic E-state index is 12.6. The van der Waals surface area contributed by atoms with Crippen LogP contribution in [0.5, 0.6) is 0 Å². The second kappa shape index (κ2) is 6.90. The third kappa shape index (κ3) is 3.27. The van der Waals surface area contributed by atoms with Gasteiger partial charge < -0.3 is 9.88 Å². The number of fused-ring (bicyclic) bond motifs is 1. The lowest BCUT2D eigenvalue weighted by Gasteiger charge is -2.14. The summed E-state index contributed by atoms with van der Waals surface area (Å²) in [5, 5.41) is 3.28. The Bertz CT molecular complexity index is 476. The summed E-state index contributed by atoms with van der Waals surface area (Å²) in [6.07, 6.45) is 6.95. The fourth-order valence-electron chi connectivity index (χ4n) is 2.93. The minimum atomic E-state index is 0.234. The van der Waals surface area contributed by atoms with Crippen LogP contribution < -0.4 is 10.9 Å². The van der Waals surface area contributed by atoms with Crippen LogP contribution in [-0.2, 0) is 25.9 Å². The van der Waals surface area contributed by atoms with E-state index in [0.29, 0.717) is 6.54 Å². The Morgan fingerprint density at radius 1 is 1.26 bits per heavy atom. The van der Waals surface area contributed by atoms with Crippen molar-refractivity contribution in [3.63, 3.8) is 0 Å². The zero-order valence-corrected chi connectivity index (χ0v) is 12.3. The molecule has 3 heteroatoms. The number of aryl methyl sites for hydroxylation is 1. The van der Waals surface area contributed by atoms with Gasteiger partial charge in [-0.15, -0.1) is 0 Å². The Morgan fingerprint density at radius 2 is 2.11 bits per heavy atom. The van der Waals surface area contributed by atoms with Gasteiger partial charge >= 0.3 is 0 Å². The number of pyridine rings is 1. The predicted octanol–water partition coefficient (Wildman–Crippen LogP) is 2.64. The largest absolute Gasteiger partial charge is 0.313 e. The lowest BCUT2D eigenvalue weighted by Crippen LogP contribution is -2.29. The summed E-state index contributed by atoms with van der Waals surface area (Å²) in [7, 11) is 0.